The molecule has 1 fully saturated rings. The smallest absolute Gasteiger partial charge is 0.251 e. The van der Waals surface area contributed by atoms with Crippen LogP contribution in [-0.2, 0) is 0 Å². The van der Waals surface area contributed by atoms with E-state index in [2.05, 4.69) is 25.4 Å². The Morgan fingerprint density at radius 3 is 2.34 bits per heavy atom. The van der Waals surface area contributed by atoms with E-state index in [1.54, 1.807) is 6.20 Å². The number of pyridine rings is 1. The monoisotopic (exact) mass is 501 g/mol. The van der Waals surface area contributed by atoms with Crippen LogP contribution in [0, 0.1) is 11.6 Å². The molecule has 4 rings (SSSR count). The zero-order chi connectivity index (χ0) is 24.6. The van der Waals surface area contributed by atoms with Crippen molar-refractivity contribution in [2.45, 2.75) is 12.8 Å². The third kappa shape index (κ3) is 7.10. The zero-order valence-corrected chi connectivity index (χ0v) is 20.3. The molecule has 2 N–H and O–H groups in total. The highest BCUT2D eigenvalue weighted by molar-refractivity contribution is 6.31. The van der Waals surface area contributed by atoms with Gasteiger partial charge in [0, 0.05) is 67.1 Å². The lowest BCUT2D eigenvalue weighted by atomic mass is 10.2. The second-order valence-electron chi connectivity index (χ2n) is 8.72. The van der Waals surface area contributed by atoms with Crippen LogP contribution in [-0.4, -0.2) is 73.0 Å². The van der Waals surface area contributed by atoms with Gasteiger partial charge in [0.05, 0.1) is 5.52 Å². The predicted molar refractivity (Wildman–Crippen MR) is 136 cm³/mol. The molecule has 0 saturated carbocycles. The number of nitrogens with one attached hydrogen (secondary N) is 2. The van der Waals surface area contributed by atoms with Crippen molar-refractivity contribution in [3.63, 3.8) is 0 Å². The molecule has 0 bridgehead atoms. The Morgan fingerprint density at radius 1 is 0.914 bits per heavy atom. The lowest BCUT2D eigenvalue weighted by molar-refractivity contribution is 0.0947. The Balaban J connectivity index is 1.09. The molecule has 1 aliphatic rings. The van der Waals surface area contributed by atoms with E-state index in [0.29, 0.717) is 11.6 Å². The molecule has 0 unspecified atom stereocenters. The number of anilines is 1. The van der Waals surface area contributed by atoms with Gasteiger partial charge in [-0.1, -0.05) is 11.6 Å². The van der Waals surface area contributed by atoms with E-state index in [1.807, 2.05) is 24.3 Å². The minimum absolute atomic E-state index is 0.133. The van der Waals surface area contributed by atoms with E-state index in [4.69, 9.17) is 11.6 Å². The first kappa shape index (κ1) is 25.3. The zero-order valence-electron chi connectivity index (χ0n) is 19.6. The maximum Gasteiger partial charge on any atom is 0.251 e. The van der Waals surface area contributed by atoms with Crippen molar-refractivity contribution in [3.05, 3.63) is 70.9 Å². The van der Waals surface area contributed by atoms with Crippen LogP contribution in [0.3, 0.4) is 0 Å². The Labute approximate surface area is 209 Å². The molecule has 2 aromatic carbocycles. The van der Waals surface area contributed by atoms with Crippen molar-refractivity contribution in [1.29, 1.82) is 0 Å². The van der Waals surface area contributed by atoms with Gasteiger partial charge in [0.15, 0.2) is 11.6 Å². The number of fused-ring (bicyclic) bond motifs is 1. The Bertz CT molecular complexity index is 1150. The minimum Gasteiger partial charge on any atom is -0.384 e. The summed E-state index contributed by atoms with van der Waals surface area (Å²) in [5, 5.41) is 8.06. The first-order valence-electron chi connectivity index (χ1n) is 12.0. The van der Waals surface area contributed by atoms with Gasteiger partial charge in [-0.3, -0.25) is 9.78 Å². The Kier molecular flexibility index (Phi) is 8.84. The molecular weight excluding hydrogens is 472 g/mol. The number of halogens is 3. The lowest BCUT2D eigenvalue weighted by Gasteiger charge is -2.34. The molecule has 1 amide bonds. The highest BCUT2D eigenvalue weighted by atomic mass is 35.5. The molecule has 6 nitrogen and oxygen atoms in total. The average Bonchev–Trinajstić information content (AvgIpc) is 2.86. The molecule has 1 aliphatic heterocycles. The number of carbonyl (C=O) groups is 1. The number of carbonyl (C=O) groups excluding carboxylic acids is 1. The van der Waals surface area contributed by atoms with Crippen LogP contribution < -0.4 is 10.6 Å². The third-order valence-electron chi connectivity index (χ3n) is 6.25. The second kappa shape index (κ2) is 12.2. The fourth-order valence-corrected chi connectivity index (χ4v) is 4.45. The first-order chi connectivity index (χ1) is 17.0. The number of amides is 1. The Morgan fingerprint density at radius 2 is 1.63 bits per heavy atom. The quantitative estimate of drug-likeness (QED) is 0.403. The molecule has 1 saturated heterocycles. The third-order valence-corrected chi connectivity index (χ3v) is 6.49. The van der Waals surface area contributed by atoms with Crippen molar-refractivity contribution in [1.82, 2.24) is 20.1 Å². The molecule has 1 aromatic heterocycles. The maximum absolute atomic E-state index is 13.3. The fraction of sp³-hybridized carbons (Fsp3) is 0.385. The van der Waals surface area contributed by atoms with Crippen LogP contribution in [0.5, 0.6) is 0 Å². The highest BCUT2D eigenvalue weighted by Gasteiger charge is 2.16. The van der Waals surface area contributed by atoms with Crippen molar-refractivity contribution in [3.8, 4) is 0 Å². The summed E-state index contributed by atoms with van der Waals surface area (Å²) in [6, 6.07) is 10.9. The van der Waals surface area contributed by atoms with Crippen LogP contribution in [0.2, 0.25) is 5.02 Å². The van der Waals surface area contributed by atoms with Crippen LogP contribution in [0.4, 0.5) is 14.5 Å². The molecular formula is C26H30ClF2N5O. The fourth-order valence-electron chi connectivity index (χ4n) is 4.28. The predicted octanol–water partition coefficient (Wildman–Crippen LogP) is 4.41. The van der Waals surface area contributed by atoms with Crippen LogP contribution >= 0.6 is 11.6 Å². The number of aromatic nitrogens is 1. The highest BCUT2D eigenvalue weighted by Crippen LogP contribution is 2.24. The maximum atomic E-state index is 13.3. The number of piperazine rings is 1. The van der Waals surface area contributed by atoms with E-state index < -0.39 is 11.6 Å². The number of hydrogen-bond acceptors (Lipinski definition) is 5. The number of nitrogens with zero attached hydrogens (tertiary/aromatic N) is 3. The molecule has 0 spiro atoms. The SMILES string of the molecule is O=C(NCCCN1CCN(CCCNc2ccnc3cc(Cl)ccc23)CC1)c1ccc(F)c(F)c1. The minimum atomic E-state index is -1.01. The summed E-state index contributed by atoms with van der Waals surface area (Å²) in [6.45, 7) is 7.38. The van der Waals surface area contributed by atoms with Gasteiger partial charge in [0.25, 0.3) is 5.91 Å². The van der Waals surface area contributed by atoms with Crippen molar-refractivity contribution >= 4 is 34.1 Å². The van der Waals surface area contributed by atoms with Gasteiger partial charge in [0.2, 0.25) is 0 Å². The van der Waals surface area contributed by atoms with Crippen LogP contribution in [0.25, 0.3) is 10.9 Å². The number of hydrogen-bond donors (Lipinski definition) is 2. The normalized spacial score (nSPS) is 14.8. The van der Waals surface area contributed by atoms with Crippen molar-refractivity contribution < 1.29 is 13.6 Å². The molecule has 0 aliphatic carbocycles. The molecule has 0 atom stereocenters. The van der Waals surface area contributed by atoms with Gasteiger partial charge in [-0.25, -0.2) is 8.78 Å². The molecule has 35 heavy (non-hydrogen) atoms. The summed E-state index contributed by atoms with van der Waals surface area (Å²) in [5.74, 6) is -2.35. The van der Waals surface area contributed by atoms with E-state index in [0.717, 1.165) is 87.4 Å². The standard InChI is InChI=1S/C26H30ClF2N5O/c27-20-4-5-21-24(7-10-31-25(21)18-20)30-8-1-11-33-13-15-34(16-14-33)12-2-9-32-26(35)19-3-6-22(28)23(29)17-19/h3-7,10,17-18H,1-2,8-9,11-16H2,(H,30,31)(H,32,35). The van der Waals surface area contributed by atoms with Gasteiger partial charge < -0.3 is 20.4 Å². The summed E-state index contributed by atoms with van der Waals surface area (Å²) in [6.07, 6.45) is 3.66. The van der Waals surface area contributed by atoms with Crippen LogP contribution in [0.15, 0.2) is 48.7 Å². The van der Waals surface area contributed by atoms with E-state index in [-0.39, 0.29) is 11.5 Å². The number of benzene rings is 2. The molecule has 9 heteroatoms. The summed E-state index contributed by atoms with van der Waals surface area (Å²) in [7, 11) is 0. The molecule has 2 heterocycles. The molecule has 186 valence electrons. The second-order valence-corrected chi connectivity index (χ2v) is 9.16. The van der Waals surface area contributed by atoms with Gasteiger partial charge in [-0.15, -0.1) is 0 Å². The summed E-state index contributed by atoms with van der Waals surface area (Å²) in [4.78, 5) is 21.3. The van der Waals surface area contributed by atoms with Gasteiger partial charge in [-0.2, -0.15) is 0 Å². The van der Waals surface area contributed by atoms with Crippen molar-refractivity contribution in [2.75, 3.05) is 57.7 Å². The summed E-state index contributed by atoms with van der Waals surface area (Å²) >= 11 is 6.07. The Hall–Kier alpha value is -2.81. The summed E-state index contributed by atoms with van der Waals surface area (Å²) < 4.78 is 26.3. The van der Waals surface area contributed by atoms with Crippen molar-refractivity contribution in [2.24, 2.45) is 0 Å². The largest absolute Gasteiger partial charge is 0.384 e. The topological polar surface area (TPSA) is 60.5 Å². The van der Waals surface area contributed by atoms with E-state index in [1.165, 1.54) is 6.07 Å². The van der Waals surface area contributed by atoms with Gasteiger partial charge >= 0.3 is 0 Å². The number of rotatable bonds is 10. The van der Waals surface area contributed by atoms with Crippen LogP contribution in [0.1, 0.15) is 23.2 Å². The summed E-state index contributed by atoms with van der Waals surface area (Å²) in [5.41, 5.74) is 2.10. The van der Waals surface area contributed by atoms with Gasteiger partial charge in [-0.05, 0) is 68.4 Å². The average molecular weight is 502 g/mol. The van der Waals surface area contributed by atoms with Gasteiger partial charge in [0.1, 0.15) is 0 Å². The molecule has 3 aromatic rings. The first-order valence-corrected chi connectivity index (χ1v) is 12.3. The molecule has 0 radical (unpaired) electrons. The van der Waals surface area contributed by atoms with E-state index in [9.17, 15) is 13.6 Å². The van der Waals surface area contributed by atoms with E-state index >= 15 is 0 Å². The lowest BCUT2D eigenvalue weighted by Crippen LogP contribution is -2.47.